The Morgan fingerprint density at radius 3 is 2.67 bits per heavy atom. The van der Waals surface area contributed by atoms with Crippen molar-refractivity contribution < 1.29 is 13.9 Å². The van der Waals surface area contributed by atoms with E-state index in [0.29, 0.717) is 13.0 Å². The van der Waals surface area contributed by atoms with Gasteiger partial charge in [-0.15, -0.1) is 0 Å². The summed E-state index contributed by atoms with van der Waals surface area (Å²) in [4.78, 5) is 3.19. The van der Waals surface area contributed by atoms with Crippen LogP contribution in [0.1, 0.15) is 17.0 Å². The average molecular weight is 328 g/mol. The van der Waals surface area contributed by atoms with Gasteiger partial charge < -0.3 is 20.2 Å². The Hall–Kier alpha value is -2.53. The first-order valence-electron chi connectivity index (χ1n) is 7.83. The largest absolute Gasteiger partial charge is 0.497 e. The molecule has 2 aromatic carbocycles. The molecule has 3 N–H and O–H groups in total. The lowest BCUT2D eigenvalue weighted by Crippen LogP contribution is -2.15. The van der Waals surface area contributed by atoms with Gasteiger partial charge in [0.25, 0.3) is 0 Å². The normalized spacial score (nSPS) is 12.3. The second-order valence-corrected chi connectivity index (χ2v) is 5.75. The van der Waals surface area contributed by atoms with Crippen molar-refractivity contribution in [1.82, 2.24) is 4.98 Å². The SMILES string of the molecule is COc1ccc(CC(CN)c2c[nH]c3ccc(F)cc23)c(OC)c1. The van der Waals surface area contributed by atoms with Crippen molar-refractivity contribution in [1.29, 1.82) is 0 Å². The average Bonchev–Trinajstić information content (AvgIpc) is 3.02. The number of benzene rings is 2. The second-order valence-electron chi connectivity index (χ2n) is 5.75. The molecule has 1 atom stereocenters. The van der Waals surface area contributed by atoms with E-state index < -0.39 is 0 Å². The molecule has 0 fully saturated rings. The van der Waals surface area contributed by atoms with Crippen LogP contribution < -0.4 is 15.2 Å². The van der Waals surface area contributed by atoms with E-state index in [1.165, 1.54) is 6.07 Å². The zero-order chi connectivity index (χ0) is 17.1. The lowest BCUT2D eigenvalue weighted by Gasteiger charge is -2.17. The number of nitrogens with two attached hydrogens (primary N) is 1. The third-order valence-corrected chi connectivity index (χ3v) is 4.36. The molecule has 0 aliphatic carbocycles. The fraction of sp³-hybridized carbons (Fsp3) is 0.263. The molecule has 126 valence electrons. The third kappa shape index (κ3) is 3.08. The molecule has 0 saturated carbocycles. The number of H-pyrrole nitrogens is 1. The van der Waals surface area contributed by atoms with Crippen LogP contribution in [-0.2, 0) is 6.42 Å². The molecule has 3 aromatic rings. The summed E-state index contributed by atoms with van der Waals surface area (Å²) in [6.45, 7) is 0.457. The number of fused-ring (bicyclic) bond motifs is 1. The summed E-state index contributed by atoms with van der Waals surface area (Å²) in [6, 6.07) is 10.5. The van der Waals surface area contributed by atoms with Gasteiger partial charge in [-0.1, -0.05) is 6.07 Å². The monoisotopic (exact) mass is 328 g/mol. The Labute approximate surface area is 140 Å². The van der Waals surface area contributed by atoms with Gasteiger partial charge in [0.1, 0.15) is 17.3 Å². The molecular formula is C19H21FN2O2. The smallest absolute Gasteiger partial charge is 0.125 e. The molecule has 0 amide bonds. The van der Waals surface area contributed by atoms with Crippen molar-refractivity contribution >= 4 is 10.9 Å². The van der Waals surface area contributed by atoms with Crippen molar-refractivity contribution in [3.05, 3.63) is 59.5 Å². The molecule has 0 bridgehead atoms. The van der Waals surface area contributed by atoms with Crippen molar-refractivity contribution in [3.8, 4) is 11.5 Å². The van der Waals surface area contributed by atoms with Gasteiger partial charge in [-0.05, 0) is 48.4 Å². The zero-order valence-electron chi connectivity index (χ0n) is 13.8. The minimum atomic E-state index is -0.249. The maximum absolute atomic E-state index is 13.6. The molecule has 0 radical (unpaired) electrons. The van der Waals surface area contributed by atoms with E-state index in [1.807, 2.05) is 24.4 Å². The van der Waals surface area contributed by atoms with Crippen LogP contribution in [0.25, 0.3) is 10.9 Å². The van der Waals surface area contributed by atoms with Gasteiger partial charge in [0, 0.05) is 29.1 Å². The van der Waals surface area contributed by atoms with Crippen LogP contribution in [0.2, 0.25) is 0 Å². The van der Waals surface area contributed by atoms with Crippen LogP contribution in [0.15, 0.2) is 42.6 Å². The highest BCUT2D eigenvalue weighted by Gasteiger charge is 2.18. The highest BCUT2D eigenvalue weighted by atomic mass is 19.1. The molecule has 3 rings (SSSR count). The number of rotatable bonds is 6. The van der Waals surface area contributed by atoms with Crippen molar-refractivity contribution in [3.63, 3.8) is 0 Å². The molecule has 5 heteroatoms. The number of aromatic amines is 1. The Balaban J connectivity index is 1.96. The molecule has 0 spiro atoms. The van der Waals surface area contributed by atoms with Gasteiger partial charge >= 0.3 is 0 Å². The van der Waals surface area contributed by atoms with Gasteiger partial charge in [0.2, 0.25) is 0 Å². The first-order valence-corrected chi connectivity index (χ1v) is 7.83. The summed E-state index contributed by atoms with van der Waals surface area (Å²) in [5.74, 6) is 1.32. The predicted molar refractivity (Wildman–Crippen MR) is 93.3 cm³/mol. The molecule has 1 unspecified atom stereocenters. The second kappa shape index (κ2) is 6.93. The van der Waals surface area contributed by atoms with Crippen molar-refractivity contribution in [2.45, 2.75) is 12.3 Å². The minimum Gasteiger partial charge on any atom is -0.497 e. The highest BCUT2D eigenvalue weighted by molar-refractivity contribution is 5.83. The highest BCUT2D eigenvalue weighted by Crippen LogP contribution is 2.32. The summed E-state index contributed by atoms with van der Waals surface area (Å²) >= 11 is 0. The van der Waals surface area contributed by atoms with E-state index in [0.717, 1.165) is 33.5 Å². The number of aromatic nitrogens is 1. The molecule has 4 nitrogen and oxygen atoms in total. The van der Waals surface area contributed by atoms with E-state index in [9.17, 15) is 4.39 Å². The number of ether oxygens (including phenoxy) is 2. The molecule has 1 heterocycles. The molecule has 0 aliphatic rings. The van der Waals surface area contributed by atoms with Crippen LogP contribution in [0.3, 0.4) is 0 Å². The van der Waals surface area contributed by atoms with Crippen LogP contribution in [0, 0.1) is 5.82 Å². The number of methoxy groups -OCH3 is 2. The van der Waals surface area contributed by atoms with Crippen molar-refractivity contribution in [2.24, 2.45) is 5.73 Å². The third-order valence-electron chi connectivity index (χ3n) is 4.36. The summed E-state index contributed by atoms with van der Waals surface area (Å²) in [6.07, 6.45) is 2.62. The van der Waals surface area contributed by atoms with Gasteiger partial charge in [0.15, 0.2) is 0 Å². The van der Waals surface area contributed by atoms with Gasteiger partial charge in [-0.25, -0.2) is 4.39 Å². The summed E-state index contributed by atoms with van der Waals surface area (Å²) in [7, 11) is 3.26. The molecule has 1 aromatic heterocycles. The quantitative estimate of drug-likeness (QED) is 0.727. The maximum Gasteiger partial charge on any atom is 0.125 e. The van der Waals surface area contributed by atoms with Crippen LogP contribution in [-0.4, -0.2) is 25.7 Å². The number of nitrogens with one attached hydrogen (secondary N) is 1. The Kier molecular flexibility index (Phi) is 4.71. The standard InChI is InChI=1S/C19H21FN2O2/c1-23-15-5-3-12(19(9-15)24-2)7-13(10-21)17-11-22-18-6-4-14(20)8-16(17)18/h3-6,8-9,11,13,22H,7,10,21H2,1-2H3. The van der Waals surface area contributed by atoms with Crippen molar-refractivity contribution in [2.75, 3.05) is 20.8 Å². The van der Waals surface area contributed by atoms with E-state index >= 15 is 0 Å². The van der Waals surface area contributed by atoms with Gasteiger partial charge in [0.05, 0.1) is 14.2 Å². The molecular weight excluding hydrogens is 307 g/mol. The minimum absolute atomic E-state index is 0.0582. The van der Waals surface area contributed by atoms with Gasteiger partial charge in [-0.3, -0.25) is 0 Å². The lowest BCUT2D eigenvalue weighted by atomic mass is 9.91. The first kappa shape index (κ1) is 16.3. The van der Waals surface area contributed by atoms with Crippen LogP contribution >= 0.6 is 0 Å². The topological polar surface area (TPSA) is 60.3 Å². The number of halogens is 1. The summed E-state index contributed by atoms with van der Waals surface area (Å²) < 4.78 is 24.3. The summed E-state index contributed by atoms with van der Waals surface area (Å²) in [5, 5.41) is 0.873. The van der Waals surface area contributed by atoms with E-state index in [4.69, 9.17) is 15.2 Å². The predicted octanol–water partition coefficient (Wildman–Crippen LogP) is 3.61. The molecule has 0 saturated heterocycles. The number of hydrogen-bond donors (Lipinski definition) is 2. The molecule has 24 heavy (non-hydrogen) atoms. The molecule has 0 aliphatic heterocycles. The van der Waals surface area contributed by atoms with Crippen LogP contribution in [0.4, 0.5) is 4.39 Å². The fourth-order valence-corrected chi connectivity index (χ4v) is 3.06. The Bertz CT molecular complexity index is 844. The summed E-state index contributed by atoms with van der Waals surface area (Å²) in [5.41, 5.74) is 8.98. The van der Waals surface area contributed by atoms with E-state index in [2.05, 4.69) is 4.98 Å². The fourth-order valence-electron chi connectivity index (χ4n) is 3.06. The Morgan fingerprint density at radius 1 is 1.12 bits per heavy atom. The lowest BCUT2D eigenvalue weighted by molar-refractivity contribution is 0.390. The number of hydrogen-bond acceptors (Lipinski definition) is 3. The maximum atomic E-state index is 13.6. The zero-order valence-corrected chi connectivity index (χ0v) is 13.8. The van der Waals surface area contributed by atoms with E-state index in [1.54, 1.807) is 26.4 Å². The Morgan fingerprint density at radius 2 is 1.96 bits per heavy atom. The van der Waals surface area contributed by atoms with Crippen LogP contribution in [0.5, 0.6) is 11.5 Å². The first-order chi connectivity index (χ1) is 11.7. The van der Waals surface area contributed by atoms with E-state index in [-0.39, 0.29) is 11.7 Å². The van der Waals surface area contributed by atoms with Gasteiger partial charge in [-0.2, -0.15) is 0 Å².